The maximum atomic E-state index is 13.5. The second kappa shape index (κ2) is 5.00. The van der Waals surface area contributed by atoms with E-state index in [2.05, 4.69) is 5.32 Å². The predicted molar refractivity (Wildman–Crippen MR) is 61.8 cm³/mol. The molecule has 1 fully saturated rings. The Morgan fingerprint density at radius 2 is 1.94 bits per heavy atom. The molecule has 0 aliphatic heterocycles. The fourth-order valence-corrected chi connectivity index (χ4v) is 2.31. The average molecular weight is 246 g/mol. The summed E-state index contributed by atoms with van der Waals surface area (Å²) in [4.78, 5) is 0. The number of halogens is 3. The molecular weight excluding hydrogens is 232 g/mol. The lowest BCUT2D eigenvalue weighted by Crippen LogP contribution is -2.13. The molecule has 0 saturated heterocycles. The minimum Gasteiger partial charge on any atom is -0.380 e. The van der Waals surface area contributed by atoms with Crippen molar-refractivity contribution in [2.75, 3.05) is 11.9 Å². The highest BCUT2D eigenvalue weighted by atomic mass is 35.5. The first kappa shape index (κ1) is 11.6. The Morgan fingerprint density at radius 3 is 2.62 bits per heavy atom. The molecule has 88 valence electrons. The summed E-state index contributed by atoms with van der Waals surface area (Å²) < 4.78 is 26.8. The maximum Gasteiger partial charge on any atom is 0.167 e. The quantitative estimate of drug-likeness (QED) is 0.787. The predicted octanol–water partition coefficient (Wildman–Crippen LogP) is 4.22. The van der Waals surface area contributed by atoms with Gasteiger partial charge in [0.25, 0.3) is 0 Å². The van der Waals surface area contributed by atoms with Gasteiger partial charge >= 0.3 is 0 Å². The van der Waals surface area contributed by atoms with Gasteiger partial charge in [-0.1, -0.05) is 24.4 Å². The molecule has 1 aromatic carbocycles. The minimum absolute atomic E-state index is 0.0460. The van der Waals surface area contributed by atoms with E-state index >= 15 is 0 Å². The molecule has 2 rings (SSSR count). The molecule has 0 amide bonds. The molecule has 0 bridgehead atoms. The van der Waals surface area contributed by atoms with Gasteiger partial charge in [-0.3, -0.25) is 0 Å². The number of hydrogen-bond donors (Lipinski definition) is 1. The molecule has 0 radical (unpaired) electrons. The maximum absolute atomic E-state index is 13.5. The zero-order valence-corrected chi connectivity index (χ0v) is 9.66. The summed E-state index contributed by atoms with van der Waals surface area (Å²) in [5.41, 5.74) is -0.0978. The molecule has 0 spiro atoms. The summed E-state index contributed by atoms with van der Waals surface area (Å²) in [6.45, 7) is 0.619. The Labute approximate surface area is 98.8 Å². The average Bonchev–Trinajstić information content (AvgIpc) is 2.77. The second-order valence-corrected chi connectivity index (χ2v) is 4.66. The lowest BCUT2D eigenvalue weighted by Gasteiger charge is -2.13. The van der Waals surface area contributed by atoms with Gasteiger partial charge in [0, 0.05) is 6.54 Å². The second-order valence-electron chi connectivity index (χ2n) is 4.25. The van der Waals surface area contributed by atoms with E-state index in [0.717, 1.165) is 12.8 Å². The molecule has 1 aromatic rings. The Balaban J connectivity index is 2.05. The van der Waals surface area contributed by atoms with Gasteiger partial charge in [0.15, 0.2) is 5.82 Å². The van der Waals surface area contributed by atoms with Gasteiger partial charge in [0.2, 0.25) is 0 Å². The highest BCUT2D eigenvalue weighted by Crippen LogP contribution is 2.28. The van der Waals surface area contributed by atoms with E-state index in [1.54, 1.807) is 0 Å². The molecule has 1 aliphatic carbocycles. The minimum atomic E-state index is -0.695. The fourth-order valence-electron chi connectivity index (χ4n) is 2.15. The summed E-state index contributed by atoms with van der Waals surface area (Å²) in [5.74, 6) is -0.752. The van der Waals surface area contributed by atoms with E-state index in [4.69, 9.17) is 11.6 Å². The third-order valence-corrected chi connectivity index (χ3v) is 3.38. The summed E-state index contributed by atoms with van der Waals surface area (Å²) in [6, 6.07) is 2.41. The summed E-state index contributed by atoms with van der Waals surface area (Å²) in [5, 5.41) is 2.78. The van der Waals surface area contributed by atoms with Gasteiger partial charge in [-0.25, -0.2) is 8.78 Å². The summed E-state index contributed by atoms with van der Waals surface area (Å²) in [6.07, 6.45) is 4.70. The third-order valence-electron chi connectivity index (χ3n) is 3.09. The zero-order valence-electron chi connectivity index (χ0n) is 8.90. The number of anilines is 1. The molecule has 0 aromatic heterocycles. The smallest absolute Gasteiger partial charge is 0.167 e. The molecule has 0 unspecified atom stereocenters. The SMILES string of the molecule is Fc1ccc(Cl)c(F)c1NCC1CCCC1. The first-order chi connectivity index (χ1) is 7.68. The van der Waals surface area contributed by atoms with E-state index in [-0.39, 0.29) is 10.7 Å². The van der Waals surface area contributed by atoms with Crippen LogP contribution in [0.4, 0.5) is 14.5 Å². The summed E-state index contributed by atoms with van der Waals surface area (Å²) in [7, 11) is 0. The number of hydrogen-bond acceptors (Lipinski definition) is 1. The van der Waals surface area contributed by atoms with E-state index in [1.165, 1.54) is 25.0 Å². The Hall–Kier alpha value is -0.830. The van der Waals surface area contributed by atoms with E-state index in [1.807, 2.05) is 0 Å². The van der Waals surface area contributed by atoms with Crippen molar-refractivity contribution < 1.29 is 8.78 Å². The van der Waals surface area contributed by atoms with Crippen molar-refractivity contribution in [2.45, 2.75) is 25.7 Å². The molecule has 1 nitrogen and oxygen atoms in total. The molecule has 1 aliphatic rings. The molecule has 0 heterocycles. The van der Waals surface area contributed by atoms with Crippen molar-refractivity contribution in [1.82, 2.24) is 0 Å². The molecule has 4 heteroatoms. The van der Waals surface area contributed by atoms with E-state index in [0.29, 0.717) is 12.5 Å². The van der Waals surface area contributed by atoms with Crippen LogP contribution in [0.15, 0.2) is 12.1 Å². The van der Waals surface area contributed by atoms with Crippen molar-refractivity contribution in [3.8, 4) is 0 Å². The van der Waals surface area contributed by atoms with Gasteiger partial charge < -0.3 is 5.32 Å². The first-order valence-corrected chi connectivity index (χ1v) is 5.93. The number of benzene rings is 1. The standard InChI is InChI=1S/C12H14ClF2N/c13-9-5-6-10(14)12(11(9)15)16-7-8-3-1-2-4-8/h5-6,8,16H,1-4,7H2. The largest absolute Gasteiger partial charge is 0.380 e. The number of rotatable bonds is 3. The van der Waals surface area contributed by atoms with Crippen LogP contribution in [0, 0.1) is 17.6 Å². The number of nitrogens with one attached hydrogen (secondary N) is 1. The third kappa shape index (κ3) is 2.46. The van der Waals surface area contributed by atoms with Crippen LogP contribution >= 0.6 is 11.6 Å². The van der Waals surface area contributed by atoms with Crippen LogP contribution in [0.25, 0.3) is 0 Å². The highest BCUT2D eigenvalue weighted by Gasteiger charge is 2.17. The van der Waals surface area contributed by atoms with Crippen molar-refractivity contribution in [1.29, 1.82) is 0 Å². The highest BCUT2D eigenvalue weighted by molar-refractivity contribution is 6.31. The molecule has 1 saturated carbocycles. The summed E-state index contributed by atoms with van der Waals surface area (Å²) >= 11 is 5.60. The normalized spacial score (nSPS) is 16.7. The Morgan fingerprint density at radius 1 is 1.25 bits per heavy atom. The van der Waals surface area contributed by atoms with Gasteiger partial charge in [0.1, 0.15) is 11.5 Å². The van der Waals surface area contributed by atoms with Crippen LogP contribution in [0.2, 0.25) is 5.02 Å². The van der Waals surface area contributed by atoms with E-state index in [9.17, 15) is 8.78 Å². The van der Waals surface area contributed by atoms with Gasteiger partial charge in [-0.2, -0.15) is 0 Å². The lowest BCUT2D eigenvalue weighted by atomic mass is 10.1. The fraction of sp³-hybridized carbons (Fsp3) is 0.500. The van der Waals surface area contributed by atoms with Gasteiger partial charge in [0.05, 0.1) is 5.02 Å². The monoisotopic (exact) mass is 245 g/mol. The van der Waals surface area contributed by atoms with Crippen LogP contribution in [0.1, 0.15) is 25.7 Å². The zero-order chi connectivity index (χ0) is 11.5. The van der Waals surface area contributed by atoms with Crippen LogP contribution in [0.5, 0.6) is 0 Å². The van der Waals surface area contributed by atoms with Crippen LogP contribution in [-0.4, -0.2) is 6.54 Å². The molecule has 16 heavy (non-hydrogen) atoms. The van der Waals surface area contributed by atoms with Crippen molar-refractivity contribution in [3.05, 3.63) is 28.8 Å². The first-order valence-electron chi connectivity index (χ1n) is 5.56. The van der Waals surface area contributed by atoms with Crippen LogP contribution in [-0.2, 0) is 0 Å². The Kier molecular flexibility index (Phi) is 3.64. The van der Waals surface area contributed by atoms with E-state index < -0.39 is 11.6 Å². The lowest BCUT2D eigenvalue weighted by molar-refractivity contribution is 0.559. The van der Waals surface area contributed by atoms with Crippen molar-refractivity contribution >= 4 is 17.3 Å². The molecule has 1 N–H and O–H groups in total. The Bertz CT molecular complexity index is 376. The van der Waals surface area contributed by atoms with Gasteiger partial charge in [-0.05, 0) is 30.9 Å². The molecular formula is C12H14ClF2N. The van der Waals surface area contributed by atoms with Crippen LogP contribution < -0.4 is 5.32 Å². The van der Waals surface area contributed by atoms with Crippen LogP contribution in [0.3, 0.4) is 0 Å². The topological polar surface area (TPSA) is 12.0 Å². The van der Waals surface area contributed by atoms with Crippen molar-refractivity contribution in [2.24, 2.45) is 5.92 Å². The van der Waals surface area contributed by atoms with Gasteiger partial charge in [-0.15, -0.1) is 0 Å². The van der Waals surface area contributed by atoms with Crippen molar-refractivity contribution in [3.63, 3.8) is 0 Å². The molecule has 0 atom stereocenters.